The summed E-state index contributed by atoms with van der Waals surface area (Å²) in [5.41, 5.74) is 0.962. The van der Waals surface area contributed by atoms with E-state index in [0.717, 1.165) is 51.4 Å². The first-order chi connectivity index (χ1) is 19.2. The quantitative estimate of drug-likeness (QED) is 0.187. The molecule has 0 saturated heterocycles. The van der Waals surface area contributed by atoms with Crippen LogP contribution in [0, 0.1) is 56.7 Å². The molecule has 5 unspecified atom stereocenters. The number of carbonyl (C=O) groups excluding carboxylic acids is 1. The van der Waals surface area contributed by atoms with E-state index in [4.69, 9.17) is 14.2 Å². The first-order valence-corrected chi connectivity index (χ1v) is 16.3. The van der Waals surface area contributed by atoms with Gasteiger partial charge in [0.1, 0.15) is 12.7 Å². The Morgan fingerprint density at radius 3 is 2.24 bits per heavy atom. The molecule has 0 radical (unpaired) electrons. The van der Waals surface area contributed by atoms with Crippen molar-refractivity contribution in [3.63, 3.8) is 0 Å². The lowest BCUT2D eigenvalue weighted by atomic mass is 9.32. The molecule has 6 nitrogen and oxygen atoms in total. The van der Waals surface area contributed by atoms with Crippen molar-refractivity contribution in [2.45, 2.75) is 112 Å². The average molecular weight is 573 g/mol. The zero-order valence-electron chi connectivity index (χ0n) is 26.9. The van der Waals surface area contributed by atoms with Crippen molar-refractivity contribution in [1.29, 1.82) is 0 Å². The van der Waals surface area contributed by atoms with Crippen LogP contribution in [0.4, 0.5) is 0 Å². The third kappa shape index (κ3) is 4.47. The number of carbonyl (C=O) groups is 2. The van der Waals surface area contributed by atoms with Crippen LogP contribution < -0.4 is 0 Å². The Labute approximate surface area is 248 Å². The first-order valence-electron chi connectivity index (χ1n) is 16.3. The molecule has 5 aliphatic rings. The number of hydrogen-bond acceptors (Lipinski definition) is 5. The van der Waals surface area contributed by atoms with Crippen LogP contribution >= 0.6 is 0 Å². The summed E-state index contributed by atoms with van der Waals surface area (Å²) in [5.74, 6) is 1.19. The summed E-state index contributed by atoms with van der Waals surface area (Å²) in [6, 6.07) is 0. The topological polar surface area (TPSA) is 82.1 Å². The van der Waals surface area contributed by atoms with Gasteiger partial charge in [0.05, 0.1) is 18.6 Å². The van der Waals surface area contributed by atoms with Crippen LogP contribution in [0.1, 0.15) is 106 Å². The highest BCUT2D eigenvalue weighted by molar-refractivity contribution is 5.76. The summed E-state index contributed by atoms with van der Waals surface area (Å²) >= 11 is 0. The van der Waals surface area contributed by atoms with Gasteiger partial charge in [-0.2, -0.15) is 0 Å². The monoisotopic (exact) mass is 572 g/mol. The number of ether oxygens (including phenoxy) is 3. The summed E-state index contributed by atoms with van der Waals surface area (Å²) in [4.78, 5) is 25.6. The van der Waals surface area contributed by atoms with Crippen molar-refractivity contribution in [1.82, 2.24) is 0 Å². The molecular weight excluding hydrogens is 516 g/mol. The Morgan fingerprint density at radius 1 is 0.854 bits per heavy atom. The Hall–Kier alpha value is -1.40. The lowest BCUT2D eigenvalue weighted by Crippen LogP contribution is -2.67. The van der Waals surface area contributed by atoms with Crippen molar-refractivity contribution in [2.75, 3.05) is 26.9 Å². The molecule has 5 aliphatic carbocycles. The Morgan fingerprint density at radius 2 is 1.59 bits per heavy atom. The van der Waals surface area contributed by atoms with Gasteiger partial charge in [0.25, 0.3) is 0 Å². The van der Waals surface area contributed by atoms with E-state index in [1.165, 1.54) is 18.4 Å². The van der Waals surface area contributed by atoms with Crippen LogP contribution in [0.25, 0.3) is 0 Å². The number of allylic oxidation sites excluding steroid dienone is 1. The molecule has 41 heavy (non-hydrogen) atoms. The van der Waals surface area contributed by atoms with Gasteiger partial charge in [-0.25, -0.2) is 4.79 Å². The van der Waals surface area contributed by atoms with Gasteiger partial charge in [-0.05, 0) is 117 Å². The predicted molar refractivity (Wildman–Crippen MR) is 159 cm³/mol. The van der Waals surface area contributed by atoms with E-state index >= 15 is 0 Å². The molecule has 5 saturated carbocycles. The van der Waals surface area contributed by atoms with Crippen LogP contribution in [0.3, 0.4) is 0 Å². The van der Waals surface area contributed by atoms with E-state index in [9.17, 15) is 14.7 Å². The molecule has 0 aliphatic heterocycles. The summed E-state index contributed by atoms with van der Waals surface area (Å²) in [6.45, 7) is 19.7. The summed E-state index contributed by atoms with van der Waals surface area (Å²) in [7, 11) is 1.62. The third-order valence-electron chi connectivity index (χ3n) is 14.4. The summed E-state index contributed by atoms with van der Waals surface area (Å²) in [5, 5.41) is 10.6. The van der Waals surface area contributed by atoms with Crippen molar-refractivity contribution < 1.29 is 28.9 Å². The van der Waals surface area contributed by atoms with Gasteiger partial charge in [-0.15, -0.1) is 0 Å². The van der Waals surface area contributed by atoms with Crippen LogP contribution in [0.5, 0.6) is 0 Å². The maximum atomic E-state index is 12.9. The number of carboxylic acids is 1. The predicted octanol–water partition coefficient (Wildman–Crippen LogP) is 7.30. The molecule has 10 atom stereocenters. The molecule has 0 bridgehead atoms. The Bertz CT molecular complexity index is 1050. The smallest absolute Gasteiger partial charge is 0.332 e. The van der Waals surface area contributed by atoms with Gasteiger partial charge in [0, 0.05) is 12.5 Å². The van der Waals surface area contributed by atoms with Crippen molar-refractivity contribution in [3.05, 3.63) is 12.2 Å². The van der Waals surface area contributed by atoms with Crippen molar-refractivity contribution in [2.24, 2.45) is 56.7 Å². The van der Waals surface area contributed by atoms with Gasteiger partial charge < -0.3 is 19.3 Å². The molecule has 0 heterocycles. The van der Waals surface area contributed by atoms with E-state index in [0.29, 0.717) is 36.9 Å². The maximum absolute atomic E-state index is 12.9. The number of carboxylic acid groups (broad SMARTS) is 1. The van der Waals surface area contributed by atoms with Crippen molar-refractivity contribution >= 4 is 11.9 Å². The molecule has 0 amide bonds. The molecule has 232 valence electrons. The molecule has 5 rings (SSSR count). The highest BCUT2D eigenvalue weighted by Gasteiger charge is 2.72. The number of hydrogen-bond donors (Lipinski definition) is 1. The molecular formula is C35H56O6. The zero-order valence-corrected chi connectivity index (χ0v) is 26.9. The molecule has 0 spiro atoms. The minimum absolute atomic E-state index is 0.0253. The fourth-order valence-electron chi connectivity index (χ4n) is 12.2. The lowest BCUT2D eigenvalue weighted by Gasteiger charge is -2.72. The van der Waals surface area contributed by atoms with E-state index in [2.05, 4.69) is 48.1 Å². The SMILES string of the molecule is C=C(C)C1CC[C@]2(C(=O)O)CC[C@]3(C)C(CCC4[C@@]5(C)CC[C@H](OC(=O)COCCOC)C(C)(C)C5CC[C@]43C)C12. The van der Waals surface area contributed by atoms with Gasteiger partial charge in [0.15, 0.2) is 0 Å². The second kappa shape index (κ2) is 10.6. The van der Waals surface area contributed by atoms with E-state index < -0.39 is 11.4 Å². The molecule has 0 aromatic carbocycles. The van der Waals surface area contributed by atoms with Crippen LogP contribution in [-0.4, -0.2) is 50.1 Å². The third-order valence-corrected chi connectivity index (χ3v) is 14.4. The molecule has 0 aromatic rings. The van der Waals surface area contributed by atoms with E-state index in [1.54, 1.807) is 7.11 Å². The highest BCUT2D eigenvalue weighted by atomic mass is 16.6. The van der Waals surface area contributed by atoms with Gasteiger partial charge in [-0.3, -0.25) is 4.79 Å². The number of fused-ring (bicyclic) bond motifs is 7. The second-order valence-corrected chi connectivity index (χ2v) is 16.0. The molecule has 0 aromatic heterocycles. The minimum Gasteiger partial charge on any atom is -0.481 e. The number of rotatable bonds is 8. The number of esters is 1. The summed E-state index contributed by atoms with van der Waals surface area (Å²) in [6.07, 6.45) is 10.1. The zero-order chi connectivity index (χ0) is 30.0. The lowest BCUT2D eigenvalue weighted by molar-refractivity contribution is -0.250. The Kier molecular flexibility index (Phi) is 8.06. The molecule has 6 heteroatoms. The van der Waals surface area contributed by atoms with E-state index in [1.807, 2.05) is 0 Å². The van der Waals surface area contributed by atoms with Gasteiger partial charge in [0.2, 0.25) is 0 Å². The fourth-order valence-corrected chi connectivity index (χ4v) is 12.2. The van der Waals surface area contributed by atoms with Gasteiger partial charge >= 0.3 is 11.9 Å². The fraction of sp³-hybridized carbons (Fsp3) is 0.886. The highest BCUT2D eigenvalue weighted by Crippen LogP contribution is 2.77. The number of methoxy groups -OCH3 is 1. The van der Waals surface area contributed by atoms with E-state index in [-0.39, 0.29) is 46.3 Å². The second-order valence-electron chi connectivity index (χ2n) is 16.0. The van der Waals surface area contributed by atoms with Crippen LogP contribution in [0.2, 0.25) is 0 Å². The molecule has 1 N–H and O–H groups in total. The maximum Gasteiger partial charge on any atom is 0.332 e. The van der Waals surface area contributed by atoms with Crippen LogP contribution in [-0.2, 0) is 23.8 Å². The number of aliphatic carboxylic acids is 1. The summed E-state index contributed by atoms with van der Waals surface area (Å²) < 4.78 is 16.6. The molecule has 5 fully saturated rings. The minimum atomic E-state index is -0.574. The van der Waals surface area contributed by atoms with Gasteiger partial charge in [-0.1, -0.05) is 46.8 Å². The Balaban J connectivity index is 1.39. The standard InChI is InChI=1S/C35H56O6/c1-22(2)23-11-16-35(30(37)38)18-17-33(6)24(29(23)35)9-10-26-32(5)14-13-27(41-28(36)21-40-20-19-39-8)31(3,4)25(32)12-15-34(26,33)7/h23-27,29H,1,9-21H2,2-8H3,(H,37,38)/t23?,24?,25?,26?,27-,29?,32-,33+,34+,35-/m0/s1. The van der Waals surface area contributed by atoms with Crippen molar-refractivity contribution in [3.8, 4) is 0 Å². The first kappa shape index (κ1) is 31.0. The largest absolute Gasteiger partial charge is 0.481 e. The van der Waals surface area contributed by atoms with Crippen LogP contribution in [0.15, 0.2) is 12.2 Å². The normalized spacial score (nSPS) is 46.4. The average Bonchev–Trinajstić information content (AvgIpc) is 3.30.